The average molecular weight is 348 g/mol. The SMILES string of the molecule is Cc1cc2c(cc1/C=C/c1ccc(C(=O)O)cc1)C(C)(C)CCC2(C)C. The van der Waals surface area contributed by atoms with Crippen LogP contribution in [0.1, 0.15) is 78.7 Å². The molecule has 0 unspecified atom stereocenters. The van der Waals surface area contributed by atoms with Crippen molar-refractivity contribution in [2.75, 3.05) is 0 Å². The largest absolute Gasteiger partial charge is 0.478 e. The minimum atomic E-state index is -0.893. The molecule has 26 heavy (non-hydrogen) atoms. The van der Waals surface area contributed by atoms with Gasteiger partial charge in [-0.1, -0.05) is 64.1 Å². The van der Waals surface area contributed by atoms with E-state index in [2.05, 4.69) is 58.9 Å². The summed E-state index contributed by atoms with van der Waals surface area (Å²) in [6.07, 6.45) is 6.62. The maximum Gasteiger partial charge on any atom is 0.335 e. The van der Waals surface area contributed by atoms with Gasteiger partial charge in [0.2, 0.25) is 0 Å². The molecule has 3 rings (SSSR count). The van der Waals surface area contributed by atoms with Crippen molar-refractivity contribution in [2.24, 2.45) is 0 Å². The fraction of sp³-hybridized carbons (Fsp3) is 0.375. The van der Waals surface area contributed by atoms with Gasteiger partial charge in [-0.3, -0.25) is 0 Å². The Morgan fingerprint density at radius 1 is 0.923 bits per heavy atom. The molecule has 0 atom stereocenters. The van der Waals surface area contributed by atoms with Crippen LogP contribution in [0.3, 0.4) is 0 Å². The summed E-state index contributed by atoms with van der Waals surface area (Å²) < 4.78 is 0. The van der Waals surface area contributed by atoms with Crippen LogP contribution in [0.25, 0.3) is 12.2 Å². The zero-order valence-corrected chi connectivity index (χ0v) is 16.4. The van der Waals surface area contributed by atoms with Crippen LogP contribution in [-0.2, 0) is 10.8 Å². The van der Waals surface area contributed by atoms with Gasteiger partial charge < -0.3 is 5.11 Å². The van der Waals surface area contributed by atoms with Crippen molar-refractivity contribution in [3.63, 3.8) is 0 Å². The van der Waals surface area contributed by atoms with E-state index in [1.165, 1.54) is 35.1 Å². The fourth-order valence-electron chi connectivity index (χ4n) is 3.84. The molecule has 0 aliphatic heterocycles. The Hall–Kier alpha value is -2.35. The van der Waals surface area contributed by atoms with Crippen LogP contribution in [0.15, 0.2) is 36.4 Å². The summed E-state index contributed by atoms with van der Waals surface area (Å²) in [6.45, 7) is 11.5. The molecule has 2 aromatic rings. The molecule has 2 heteroatoms. The molecular weight excluding hydrogens is 320 g/mol. The summed E-state index contributed by atoms with van der Waals surface area (Å²) in [4.78, 5) is 11.0. The first-order valence-electron chi connectivity index (χ1n) is 9.27. The highest BCUT2D eigenvalue weighted by Gasteiger charge is 2.37. The normalized spacial score (nSPS) is 17.9. The van der Waals surface area contributed by atoms with Gasteiger partial charge in [0.15, 0.2) is 0 Å². The number of hydrogen-bond acceptors (Lipinski definition) is 1. The van der Waals surface area contributed by atoms with E-state index in [4.69, 9.17) is 5.11 Å². The maximum atomic E-state index is 11.0. The predicted molar refractivity (Wildman–Crippen MR) is 109 cm³/mol. The molecule has 0 spiro atoms. The molecule has 0 amide bonds. The number of benzene rings is 2. The second-order valence-corrected chi connectivity index (χ2v) is 8.78. The van der Waals surface area contributed by atoms with E-state index < -0.39 is 5.97 Å². The van der Waals surface area contributed by atoms with Crippen molar-refractivity contribution in [3.8, 4) is 0 Å². The molecule has 0 saturated carbocycles. The minimum Gasteiger partial charge on any atom is -0.478 e. The molecule has 1 aliphatic carbocycles. The van der Waals surface area contributed by atoms with Gasteiger partial charge >= 0.3 is 5.97 Å². The lowest BCUT2D eigenvalue weighted by Crippen LogP contribution is -2.34. The smallest absolute Gasteiger partial charge is 0.335 e. The zero-order chi connectivity index (χ0) is 19.1. The Balaban J connectivity index is 1.97. The van der Waals surface area contributed by atoms with Crippen LogP contribution in [0, 0.1) is 6.92 Å². The summed E-state index contributed by atoms with van der Waals surface area (Å²) in [5, 5.41) is 9.01. The Bertz CT molecular complexity index is 868. The summed E-state index contributed by atoms with van der Waals surface area (Å²) in [6, 6.07) is 11.7. The van der Waals surface area contributed by atoms with Crippen molar-refractivity contribution in [2.45, 2.75) is 58.3 Å². The average Bonchev–Trinajstić information content (AvgIpc) is 2.58. The topological polar surface area (TPSA) is 37.3 Å². The minimum absolute atomic E-state index is 0.199. The zero-order valence-electron chi connectivity index (χ0n) is 16.4. The molecule has 0 saturated heterocycles. The number of aryl methyl sites for hydroxylation is 1. The summed E-state index contributed by atoms with van der Waals surface area (Å²) >= 11 is 0. The number of hydrogen-bond donors (Lipinski definition) is 1. The monoisotopic (exact) mass is 348 g/mol. The predicted octanol–water partition coefficient (Wildman–Crippen LogP) is 6.21. The van der Waals surface area contributed by atoms with Crippen LogP contribution in [0.2, 0.25) is 0 Å². The number of aromatic carboxylic acids is 1. The Morgan fingerprint density at radius 3 is 2.00 bits per heavy atom. The van der Waals surface area contributed by atoms with E-state index in [-0.39, 0.29) is 10.8 Å². The summed E-state index contributed by atoms with van der Waals surface area (Å²) in [5.74, 6) is -0.893. The second kappa shape index (κ2) is 6.42. The second-order valence-electron chi connectivity index (χ2n) is 8.78. The van der Waals surface area contributed by atoms with Crippen molar-refractivity contribution < 1.29 is 9.90 Å². The van der Waals surface area contributed by atoms with Crippen molar-refractivity contribution in [3.05, 3.63) is 69.8 Å². The molecule has 2 nitrogen and oxygen atoms in total. The van der Waals surface area contributed by atoms with Crippen LogP contribution in [-0.4, -0.2) is 11.1 Å². The van der Waals surface area contributed by atoms with E-state index in [0.717, 1.165) is 5.56 Å². The first-order chi connectivity index (χ1) is 12.1. The van der Waals surface area contributed by atoms with Gasteiger partial charge in [0, 0.05) is 0 Å². The van der Waals surface area contributed by atoms with Gasteiger partial charge in [0.05, 0.1) is 5.56 Å². The van der Waals surface area contributed by atoms with Gasteiger partial charge in [-0.05, 0) is 70.5 Å². The van der Waals surface area contributed by atoms with E-state index in [9.17, 15) is 4.79 Å². The molecule has 1 N–H and O–H groups in total. The lowest BCUT2D eigenvalue weighted by molar-refractivity contribution is 0.0697. The highest BCUT2D eigenvalue weighted by molar-refractivity contribution is 5.88. The van der Waals surface area contributed by atoms with Gasteiger partial charge in [-0.2, -0.15) is 0 Å². The van der Waals surface area contributed by atoms with E-state index in [1.807, 2.05) is 12.1 Å². The molecule has 0 aromatic heterocycles. The molecule has 0 bridgehead atoms. The fourth-order valence-corrected chi connectivity index (χ4v) is 3.84. The van der Waals surface area contributed by atoms with E-state index >= 15 is 0 Å². The third-order valence-electron chi connectivity index (χ3n) is 5.85. The van der Waals surface area contributed by atoms with Gasteiger partial charge in [0.1, 0.15) is 0 Å². The van der Waals surface area contributed by atoms with Crippen LogP contribution < -0.4 is 0 Å². The van der Waals surface area contributed by atoms with Crippen molar-refractivity contribution >= 4 is 18.1 Å². The van der Waals surface area contributed by atoms with E-state index in [1.54, 1.807) is 12.1 Å². The first-order valence-corrected chi connectivity index (χ1v) is 9.27. The third kappa shape index (κ3) is 3.46. The Labute approximate surface area is 156 Å². The quantitative estimate of drug-likeness (QED) is 0.669. The standard InChI is InChI=1S/C24H28O2/c1-16-14-20-21(24(4,5)13-12-23(20,2)3)15-19(16)11-8-17-6-9-18(10-7-17)22(25)26/h6-11,14-15H,12-13H2,1-5H3,(H,25,26)/b11-8+. The first kappa shape index (κ1) is 18.4. The molecule has 1 aliphatic rings. The highest BCUT2D eigenvalue weighted by atomic mass is 16.4. The van der Waals surface area contributed by atoms with Crippen molar-refractivity contribution in [1.82, 2.24) is 0 Å². The van der Waals surface area contributed by atoms with Crippen LogP contribution in [0.5, 0.6) is 0 Å². The number of fused-ring (bicyclic) bond motifs is 1. The lowest BCUT2D eigenvalue weighted by Gasteiger charge is -2.42. The molecule has 2 aromatic carbocycles. The maximum absolute atomic E-state index is 11.0. The third-order valence-corrected chi connectivity index (χ3v) is 5.85. The van der Waals surface area contributed by atoms with Gasteiger partial charge in [0.25, 0.3) is 0 Å². The number of rotatable bonds is 3. The number of carboxylic acids is 1. The lowest BCUT2D eigenvalue weighted by atomic mass is 9.62. The number of carbonyl (C=O) groups is 1. The van der Waals surface area contributed by atoms with Gasteiger partial charge in [-0.25, -0.2) is 4.79 Å². The van der Waals surface area contributed by atoms with Crippen molar-refractivity contribution in [1.29, 1.82) is 0 Å². The molecule has 0 heterocycles. The molecule has 136 valence electrons. The Morgan fingerprint density at radius 2 is 1.46 bits per heavy atom. The Kier molecular flexibility index (Phi) is 4.56. The molecule has 0 radical (unpaired) electrons. The molecular formula is C24H28O2. The number of carboxylic acid groups (broad SMARTS) is 1. The van der Waals surface area contributed by atoms with E-state index in [0.29, 0.717) is 5.56 Å². The molecule has 0 fully saturated rings. The van der Waals surface area contributed by atoms with Crippen LogP contribution >= 0.6 is 0 Å². The van der Waals surface area contributed by atoms with Gasteiger partial charge in [-0.15, -0.1) is 0 Å². The van der Waals surface area contributed by atoms with Crippen LogP contribution in [0.4, 0.5) is 0 Å². The summed E-state index contributed by atoms with van der Waals surface area (Å²) in [5.41, 5.74) is 7.21. The highest BCUT2D eigenvalue weighted by Crippen LogP contribution is 2.46. The summed E-state index contributed by atoms with van der Waals surface area (Å²) in [7, 11) is 0.